The summed E-state index contributed by atoms with van der Waals surface area (Å²) in [5.41, 5.74) is 2.51. The Kier molecular flexibility index (Phi) is 4.07. The van der Waals surface area contributed by atoms with Gasteiger partial charge < -0.3 is 5.32 Å². The Labute approximate surface area is 126 Å². The van der Waals surface area contributed by atoms with Gasteiger partial charge in [0.1, 0.15) is 0 Å². The van der Waals surface area contributed by atoms with Crippen LogP contribution in [0.5, 0.6) is 0 Å². The molecule has 4 nitrogen and oxygen atoms in total. The summed E-state index contributed by atoms with van der Waals surface area (Å²) in [5.74, 6) is 0. The van der Waals surface area contributed by atoms with E-state index >= 15 is 0 Å². The van der Waals surface area contributed by atoms with Gasteiger partial charge in [0.2, 0.25) is 0 Å². The maximum Gasteiger partial charge on any atom is 0.0860 e. The lowest BCUT2D eigenvalue weighted by molar-refractivity contribution is 0.126. The number of hydrogen-bond acceptors (Lipinski definition) is 3. The van der Waals surface area contributed by atoms with Gasteiger partial charge >= 0.3 is 0 Å². The van der Waals surface area contributed by atoms with Crippen molar-refractivity contribution in [3.05, 3.63) is 16.4 Å². The number of nitrogens with zero attached hydrogens (tertiary/aromatic N) is 3. The molecule has 5 heteroatoms. The first-order chi connectivity index (χ1) is 9.63. The molecule has 1 N–H and O–H groups in total. The van der Waals surface area contributed by atoms with Gasteiger partial charge in [0.05, 0.1) is 16.4 Å². The first kappa shape index (κ1) is 14.4. The summed E-state index contributed by atoms with van der Waals surface area (Å²) >= 11 is 6.44. The second-order valence-corrected chi connectivity index (χ2v) is 6.66. The van der Waals surface area contributed by atoms with Crippen LogP contribution in [0.25, 0.3) is 0 Å². The van der Waals surface area contributed by atoms with Crippen molar-refractivity contribution >= 4 is 11.6 Å². The van der Waals surface area contributed by atoms with Crippen molar-refractivity contribution in [2.24, 2.45) is 0 Å². The van der Waals surface area contributed by atoms with Crippen LogP contribution in [0.4, 0.5) is 0 Å². The number of rotatable bonds is 3. The molecule has 1 aliphatic carbocycles. The molecule has 2 aliphatic rings. The number of piperazine rings is 1. The minimum absolute atomic E-state index is 0.372. The molecule has 1 aliphatic heterocycles. The molecule has 0 bridgehead atoms. The van der Waals surface area contributed by atoms with Crippen LogP contribution in [-0.4, -0.2) is 39.9 Å². The van der Waals surface area contributed by atoms with E-state index in [0.29, 0.717) is 5.54 Å². The number of nitrogens with one attached hydrogen (secondary N) is 1. The van der Waals surface area contributed by atoms with Gasteiger partial charge in [0.25, 0.3) is 0 Å². The summed E-state index contributed by atoms with van der Waals surface area (Å²) in [6.07, 6.45) is 5.38. The van der Waals surface area contributed by atoms with Gasteiger partial charge in [-0.15, -0.1) is 0 Å². The highest BCUT2D eigenvalue weighted by atomic mass is 35.5. The van der Waals surface area contributed by atoms with Crippen molar-refractivity contribution in [1.29, 1.82) is 0 Å². The van der Waals surface area contributed by atoms with Gasteiger partial charge in [-0.3, -0.25) is 9.58 Å². The molecule has 0 radical (unpaired) electrons. The molecule has 1 spiro atoms. The molecular weight excluding hydrogens is 272 g/mol. The monoisotopic (exact) mass is 296 g/mol. The third-order valence-electron chi connectivity index (χ3n) is 4.84. The Morgan fingerprint density at radius 2 is 2.10 bits per heavy atom. The minimum Gasteiger partial charge on any atom is -0.309 e. The highest BCUT2D eigenvalue weighted by Crippen LogP contribution is 2.33. The number of aryl methyl sites for hydroxylation is 2. The fourth-order valence-electron chi connectivity index (χ4n) is 3.80. The highest BCUT2D eigenvalue weighted by Gasteiger charge is 2.37. The van der Waals surface area contributed by atoms with Crippen molar-refractivity contribution in [3.8, 4) is 0 Å². The van der Waals surface area contributed by atoms with Crippen molar-refractivity contribution in [2.75, 3.05) is 19.6 Å². The third kappa shape index (κ3) is 2.61. The molecule has 1 saturated carbocycles. The van der Waals surface area contributed by atoms with E-state index in [1.54, 1.807) is 0 Å². The Morgan fingerprint density at radius 3 is 2.80 bits per heavy atom. The molecule has 0 amide bonds. The van der Waals surface area contributed by atoms with Crippen molar-refractivity contribution < 1.29 is 0 Å². The van der Waals surface area contributed by atoms with E-state index in [9.17, 15) is 0 Å². The standard InChI is InChI=1S/C15H25ClN4/c1-3-20-13(14(16)12(2)18-20)10-19-9-8-17-15(11-19)6-4-5-7-15/h17H,3-11H2,1-2H3. The van der Waals surface area contributed by atoms with E-state index in [4.69, 9.17) is 11.6 Å². The van der Waals surface area contributed by atoms with E-state index in [0.717, 1.165) is 43.4 Å². The van der Waals surface area contributed by atoms with Gasteiger partial charge in [-0.1, -0.05) is 24.4 Å². The summed E-state index contributed by atoms with van der Waals surface area (Å²) in [6.45, 7) is 9.29. The zero-order valence-electron chi connectivity index (χ0n) is 12.6. The fourth-order valence-corrected chi connectivity index (χ4v) is 3.99. The normalized spacial score (nSPS) is 22.8. The Hall–Kier alpha value is -0.580. The average Bonchev–Trinajstić information content (AvgIpc) is 2.99. The first-order valence-corrected chi connectivity index (χ1v) is 8.20. The molecule has 3 rings (SSSR count). The fraction of sp³-hybridized carbons (Fsp3) is 0.800. The van der Waals surface area contributed by atoms with Crippen LogP contribution in [0.15, 0.2) is 0 Å². The third-order valence-corrected chi connectivity index (χ3v) is 5.33. The molecule has 2 fully saturated rings. The first-order valence-electron chi connectivity index (χ1n) is 7.83. The maximum atomic E-state index is 6.44. The molecule has 0 aromatic carbocycles. The second-order valence-electron chi connectivity index (χ2n) is 6.29. The van der Waals surface area contributed by atoms with Crippen molar-refractivity contribution in [1.82, 2.24) is 20.0 Å². The molecule has 0 unspecified atom stereocenters. The number of halogens is 1. The lowest BCUT2D eigenvalue weighted by Crippen LogP contribution is -2.58. The molecule has 20 heavy (non-hydrogen) atoms. The molecule has 1 aromatic rings. The second kappa shape index (κ2) is 5.66. The summed E-state index contributed by atoms with van der Waals surface area (Å²) in [6, 6.07) is 0. The van der Waals surface area contributed by atoms with Crippen LogP contribution >= 0.6 is 11.6 Å². The van der Waals surface area contributed by atoms with E-state index in [2.05, 4.69) is 26.9 Å². The van der Waals surface area contributed by atoms with Crippen LogP contribution < -0.4 is 5.32 Å². The van der Waals surface area contributed by atoms with Gasteiger partial charge in [-0.05, 0) is 26.7 Å². The molecular formula is C15H25ClN4. The van der Waals surface area contributed by atoms with Gasteiger partial charge in [-0.2, -0.15) is 5.10 Å². The zero-order valence-corrected chi connectivity index (χ0v) is 13.3. The van der Waals surface area contributed by atoms with E-state index in [1.807, 2.05) is 6.92 Å². The van der Waals surface area contributed by atoms with Gasteiger partial charge in [-0.25, -0.2) is 0 Å². The maximum absolute atomic E-state index is 6.44. The highest BCUT2D eigenvalue weighted by molar-refractivity contribution is 6.31. The lowest BCUT2D eigenvalue weighted by atomic mass is 9.94. The van der Waals surface area contributed by atoms with Crippen LogP contribution in [0.1, 0.15) is 44.0 Å². The number of hydrogen-bond donors (Lipinski definition) is 1. The SMILES string of the molecule is CCn1nc(C)c(Cl)c1CN1CCNC2(CCCC2)C1. The smallest absolute Gasteiger partial charge is 0.0860 e. The predicted octanol–water partition coefficient (Wildman–Crippen LogP) is 2.58. The van der Waals surface area contributed by atoms with E-state index in [1.165, 1.54) is 31.4 Å². The van der Waals surface area contributed by atoms with E-state index in [-0.39, 0.29) is 0 Å². The largest absolute Gasteiger partial charge is 0.309 e. The molecule has 0 atom stereocenters. The van der Waals surface area contributed by atoms with Crippen LogP contribution in [-0.2, 0) is 13.1 Å². The van der Waals surface area contributed by atoms with E-state index < -0.39 is 0 Å². The predicted molar refractivity (Wildman–Crippen MR) is 82.1 cm³/mol. The molecule has 1 saturated heterocycles. The van der Waals surface area contributed by atoms with Crippen LogP contribution in [0, 0.1) is 6.92 Å². The van der Waals surface area contributed by atoms with Gasteiger partial charge in [0.15, 0.2) is 0 Å². The molecule has 1 aromatic heterocycles. The quantitative estimate of drug-likeness (QED) is 0.931. The number of aromatic nitrogens is 2. The van der Waals surface area contributed by atoms with Crippen molar-refractivity contribution in [2.45, 2.75) is 58.2 Å². The summed E-state index contributed by atoms with van der Waals surface area (Å²) in [4.78, 5) is 2.55. The summed E-state index contributed by atoms with van der Waals surface area (Å²) < 4.78 is 2.06. The van der Waals surface area contributed by atoms with Crippen LogP contribution in [0.3, 0.4) is 0 Å². The molecule has 2 heterocycles. The Balaban J connectivity index is 1.74. The van der Waals surface area contributed by atoms with Crippen molar-refractivity contribution in [3.63, 3.8) is 0 Å². The topological polar surface area (TPSA) is 33.1 Å². The average molecular weight is 297 g/mol. The lowest BCUT2D eigenvalue weighted by Gasteiger charge is -2.41. The van der Waals surface area contributed by atoms with Gasteiger partial charge in [0, 0.05) is 38.3 Å². The summed E-state index contributed by atoms with van der Waals surface area (Å²) in [5, 5.41) is 9.14. The Morgan fingerprint density at radius 1 is 1.35 bits per heavy atom. The molecule has 112 valence electrons. The minimum atomic E-state index is 0.372. The van der Waals surface area contributed by atoms with Crippen LogP contribution in [0.2, 0.25) is 5.02 Å². The Bertz CT molecular complexity index is 476. The summed E-state index contributed by atoms with van der Waals surface area (Å²) in [7, 11) is 0. The zero-order chi connectivity index (χ0) is 14.2.